The van der Waals surface area contributed by atoms with E-state index >= 15 is 0 Å². The summed E-state index contributed by atoms with van der Waals surface area (Å²) in [6.45, 7) is 5.61. The predicted molar refractivity (Wildman–Crippen MR) is 107 cm³/mol. The number of aryl methyl sites for hydroxylation is 2. The highest BCUT2D eigenvalue weighted by molar-refractivity contribution is 6.43. The summed E-state index contributed by atoms with van der Waals surface area (Å²) in [6, 6.07) is 13.3. The zero-order valence-electron chi connectivity index (χ0n) is 15.5. The van der Waals surface area contributed by atoms with Crippen LogP contribution in [0.3, 0.4) is 0 Å². The summed E-state index contributed by atoms with van der Waals surface area (Å²) in [4.78, 5) is 29.5. The van der Waals surface area contributed by atoms with Gasteiger partial charge in [-0.05, 0) is 49.6 Å². The molecule has 3 aromatic rings. The third-order valence-electron chi connectivity index (χ3n) is 4.47. The second-order valence-corrected chi connectivity index (χ2v) is 6.65. The number of hydrogen-bond donors (Lipinski definition) is 0. The van der Waals surface area contributed by atoms with Gasteiger partial charge in [-0.15, -0.1) is 0 Å². The minimum Gasteiger partial charge on any atom is -0.460 e. The molecule has 0 spiro atoms. The minimum absolute atomic E-state index is 0.136. The van der Waals surface area contributed by atoms with Crippen LogP contribution < -0.4 is 0 Å². The molecule has 3 rings (SSSR count). The molecule has 0 aliphatic heterocycles. The summed E-state index contributed by atoms with van der Waals surface area (Å²) < 4.78 is 4.93. The van der Waals surface area contributed by atoms with Gasteiger partial charge in [0, 0.05) is 16.0 Å². The number of hydrogen-bond acceptors (Lipinski definition) is 4. The molecule has 138 valence electrons. The molecule has 0 fully saturated rings. The van der Waals surface area contributed by atoms with Crippen LogP contribution in [0.2, 0.25) is 5.02 Å². The van der Waals surface area contributed by atoms with E-state index < -0.39 is 11.8 Å². The normalized spacial score (nSPS) is 10.8. The Morgan fingerprint density at radius 2 is 1.78 bits per heavy atom. The van der Waals surface area contributed by atoms with Crippen LogP contribution in [0, 0.1) is 6.92 Å². The first kappa shape index (κ1) is 19.1. The van der Waals surface area contributed by atoms with E-state index in [4.69, 9.17) is 16.3 Å². The molecule has 0 N–H and O–H groups in total. The summed E-state index contributed by atoms with van der Waals surface area (Å²) in [5, 5.41) is 1.26. The molecule has 4 nitrogen and oxygen atoms in total. The Bertz CT molecular complexity index is 1030. The molecule has 27 heavy (non-hydrogen) atoms. The van der Waals surface area contributed by atoms with Gasteiger partial charge in [0.2, 0.25) is 0 Å². The topological polar surface area (TPSA) is 56.3 Å². The van der Waals surface area contributed by atoms with Gasteiger partial charge in [-0.25, -0.2) is 4.79 Å². The molecule has 1 heterocycles. The third-order valence-corrected chi connectivity index (χ3v) is 4.70. The maximum atomic E-state index is 12.9. The van der Waals surface area contributed by atoms with Crippen LogP contribution in [0.25, 0.3) is 22.0 Å². The number of carbonyl (C=O) groups excluding carboxylic acids is 2. The zero-order chi connectivity index (χ0) is 19.6. The van der Waals surface area contributed by atoms with E-state index in [-0.39, 0.29) is 12.2 Å². The number of halogens is 1. The average Bonchev–Trinajstić information content (AvgIpc) is 2.67. The Morgan fingerprint density at radius 1 is 1.07 bits per heavy atom. The van der Waals surface area contributed by atoms with E-state index in [0.29, 0.717) is 21.8 Å². The van der Waals surface area contributed by atoms with Crippen LogP contribution >= 0.6 is 11.6 Å². The van der Waals surface area contributed by atoms with Crippen LogP contribution in [-0.2, 0) is 16.0 Å². The maximum Gasteiger partial charge on any atom is 0.379 e. The zero-order valence-corrected chi connectivity index (χ0v) is 16.3. The van der Waals surface area contributed by atoms with Crippen LogP contribution in [0.4, 0.5) is 0 Å². The van der Waals surface area contributed by atoms with Crippen LogP contribution in [0.5, 0.6) is 0 Å². The van der Waals surface area contributed by atoms with Gasteiger partial charge in [-0.2, -0.15) is 0 Å². The van der Waals surface area contributed by atoms with Gasteiger partial charge < -0.3 is 4.74 Å². The standard InChI is InChI=1S/C22H20ClNO3/c1-4-14-6-8-15(9-7-14)20-17-12-16(23)10-11-18(17)24-13(3)19(20)21(25)22(26)27-5-2/h6-12H,4-5H2,1-3H3. The molecule has 0 aliphatic rings. The predicted octanol–water partition coefficient (Wildman–Crippen LogP) is 5.17. The van der Waals surface area contributed by atoms with Crippen molar-refractivity contribution in [1.82, 2.24) is 4.98 Å². The maximum absolute atomic E-state index is 12.9. The first-order valence-electron chi connectivity index (χ1n) is 8.86. The minimum atomic E-state index is -0.879. The van der Waals surface area contributed by atoms with E-state index in [0.717, 1.165) is 17.4 Å². The summed E-state index contributed by atoms with van der Waals surface area (Å²) in [6.07, 6.45) is 0.914. The van der Waals surface area contributed by atoms with E-state index in [2.05, 4.69) is 11.9 Å². The van der Waals surface area contributed by atoms with Crippen LogP contribution in [0.1, 0.15) is 35.5 Å². The monoisotopic (exact) mass is 381 g/mol. The summed E-state index contributed by atoms with van der Waals surface area (Å²) >= 11 is 6.21. The van der Waals surface area contributed by atoms with Crippen molar-refractivity contribution in [1.29, 1.82) is 0 Å². The Labute approximate surface area is 163 Å². The van der Waals surface area contributed by atoms with Crippen molar-refractivity contribution in [2.45, 2.75) is 27.2 Å². The number of aromatic nitrogens is 1. The van der Waals surface area contributed by atoms with Gasteiger partial charge >= 0.3 is 5.97 Å². The lowest BCUT2D eigenvalue weighted by Gasteiger charge is -2.15. The number of rotatable bonds is 5. The molecule has 0 amide bonds. The molecule has 0 saturated heterocycles. The number of Topliss-reactive ketones (excluding diaryl/α,β-unsaturated/α-hetero) is 1. The SMILES string of the molecule is CCOC(=O)C(=O)c1c(C)nc2ccc(Cl)cc2c1-c1ccc(CC)cc1. The highest BCUT2D eigenvalue weighted by Crippen LogP contribution is 2.35. The van der Waals surface area contributed by atoms with Crippen molar-refractivity contribution in [3.63, 3.8) is 0 Å². The van der Waals surface area contributed by atoms with Crippen molar-refractivity contribution < 1.29 is 14.3 Å². The number of benzene rings is 2. The fourth-order valence-electron chi connectivity index (χ4n) is 3.14. The molecular formula is C22H20ClNO3. The lowest BCUT2D eigenvalue weighted by Crippen LogP contribution is -2.20. The lowest BCUT2D eigenvalue weighted by molar-refractivity contribution is -0.137. The average molecular weight is 382 g/mol. The molecule has 0 bridgehead atoms. The first-order chi connectivity index (χ1) is 13.0. The number of nitrogens with zero attached hydrogens (tertiary/aromatic N) is 1. The Hall–Kier alpha value is -2.72. The van der Waals surface area contributed by atoms with Crippen molar-refractivity contribution in [3.8, 4) is 11.1 Å². The fourth-order valence-corrected chi connectivity index (χ4v) is 3.31. The highest BCUT2D eigenvalue weighted by Gasteiger charge is 2.26. The van der Waals surface area contributed by atoms with Crippen molar-refractivity contribution >= 4 is 34.3 Å². The smallest absolute Gasteiger partial charge is 0.379 e. The molecule has 2 aromatic carbocycles. The Morgan fingerprint density at radius 3 is 2.41 bits per heavy atom. The van der Waals surface area contributed by atoms with Gasteiger partial charge in [-0.1, -0.05) is 42.8 Å². The fraction of sp³-hybridized carbons (Fsp3) is 0.227. The molecule has 0 radical (unpaired) electrons. The van der Waals surface area contributed by atoms with E-state index in [1.165, 1.54) is 5.56 Å². The number of carbonyl (C=O) groups is 2. The van der Waals surface area contributed by atoms with Crippen molar-refractivity contribution in [3.05, 3.63) is 64.3 Å². The quantitative estimate of drug-likeness (QED) is 0.347. The largest absolute Gasteiger partial charge is 0.460 e. The van der Waals surface area contributed by atoms with Crippen molar-refractivity contribution in [2.24, 2.45) is 0 Å². The van der Waals surface area contributed by atoms with E-state index in [1.54, 1.807) is 26.0 Å². The number of pyridine rings is 1. The molecular weight excluding hydrogens is 362 g/mol. The van der Waals surface area contributed by atoms with E-state index in [1.807, 2.05) is 30.3 Å². The summed E-state index contributed by atoms with van der Waals surface area (Å²) in [5.74, 6) is -1.58. The first-order valence-corrected chi connectivity index (χ1v) is 9.24. The molecule has 0 atom stereocenters. The number of ether oxygens (including phenoxy) is 1. The van der Waals surface area contributed by atoms with Gasteiger partial charge in [0.1, 0.15) is 0 Å². The van der Waals surface area contributed by atoms with E-state index in [9.17, 15) is 9.59 Å². The third kappa shape index (κ3) is 3.71. The molecule has 5 heteroatoms. The molecule has 0 saturated carbocycles. The number of fused-ring (bicyclic) bond motifs is 1. The Kier molecular flexibility index (Phi) is 5.57. The second-order valence-electron chi connectivity index (χ2n) is 6.21. The second kappa shape index (κ2) is 7.89. The van der Waals surface area contributed by atoms with Gasteiger partial charge in [0.15, 0.2) is 0 Å². The molecule has 0 aliphatic carbocycles. The Balaban J connectivity index is 2.34. The molecule has 1 aromatic heterocycles. The number of esters is 1. The van der Waals surface area contributed by atoms with Gasteiger partial charge in [0.05, 0.1) is 23.4 Å². The van der Waals surface area contributed by atoms with Gasteiger partial charge in [0.25, 0.3) is 5.78 Å². The summed E-state index contributed by atoms with van der Waals surface area (Å²) in [7, 11) is 0. The van der Waals surface area contributed by atoms with Crippen LogP contribution in [-0.4, -0.2) is 23.3 Å². The lowest BCUT2D eigenvalue weighted by atomic mass is 9.91. The van der Waals surface area contributed by atoms with Crippen LogP contribution in [0.15, 0.2) is 42.5 Å². The summed E-state index contributed by atoms with van der Waals surface area (Å²) in [5.41, 5.74) is 4.13. The van der Waals surface area contributed by atoms with Gasteiger partial charge in [-0.3, -0.25) is 9.78 Å². The molecule has 0 unspecified atom stereocenters. The van der Waals surface area contributed by atoms with Crippen molar-refractivity contribution in [2.75, 3.05) is 6.61 Å². The highest BCUT2D eigenvalue weighted by atomic mass is 35.5. The number of ketones is 1.